The van der Waals surface area contributed by atoms with Gasteiger partial charge < -0.3 is 14.3 Å². The van der Waals surface area contributed by atoms with Gasteiger partial charge in [0.25, 0.3) is 0 Å². The van der Waals surface area contributed by atoms with Crippen molar-refractivity contribution in [1.29, 1.82) is 0 Å². The first-order valence-corrected chi connectivity index (χ1v) is 6.14. The highest BCUT2D eigenvalue weighted by atomic mass is 16.7. The zero-order chi connectivity index (χ0) is 14.1. The third-order valence-corrected chi connectivity index (χ3v) is 2.36. The summed E-state index contributed by atoms with van der Waals surface area (Å²) < 4.78 is 9.93. The molecular weight excluding hydrogens is 246 g/mol. The molecule has 0 amide bonds. The number of methoxy groups -OCH3 is 1. The monoisotopic (exact) mass is 265 g/mol. The van der Waals surface area contributed by atoms with Crippen LogP contribution in [0.3, 0.4) is 0 Å². The number of carbonyl (C=O) groups excluding carboxylic acids is 1. The lowest BCUT2D eigenvalue weighted by Crippen LogP contribution is -2.22. The van der Waals surface area contributed by atoms with Gasteiger partial charge in [-0.1, -0.05) is 35.5 Å². The minimum atomic E-state index is -0.749. The number of oxime groups is 1. The second-order valence-electron chi connectivity index (χ2n) is 3.85. The van der Waals surface area contributed by atoms with E-state index in [9.17, 15) is 4.79 Å². The molecule has 0 N–H and O–H groups in total. The van der Waals surface area contributed by atoms with E-state index in [2.05, 4.69) is 5.16 Å². The zero-order valence-electron chi connectivity index (χ0n) is 11.5. The fraction of sp³-hybridized carbons (Fsp3) is 0.429. The van der Waals surface area contributed by atoms with Crippen molar-refractivity contribution in [1.82, 2.24) is 0 Å². The highest BCUT2D eigenvalue weighted by Crippen LogP contribution is 2.03. The summed E-state index contributed by atoms with van der Waals surface area (Å²) in [6, 6.07) is 9.73. The smallest absolute Gasteiger partial charge is 0.349 e. The number of hydrogen-bond donors (Lipinski definition) is 0. The molecule has 0 aliphatic rings. The van der Waals surface area contributed by atoms with Crippen LogP contribution < -0.4 is 0 Å². The molecule has 0 heterocycles. The van der Waals surface area contributed by atoms with Crippen LogP contribution in [0.5, 0.6) is 0 Å². The Labute approximate surface area is 113 Å². The lowest BCUT2D eigenvalue weighted by atomic mass is 10.1. The predicted octanol–water partition coefficient (Wildman–Crippen LogP) is 2.16. The zero-order valence-corrected chi connectivity index (χ0v) is 11.5. The standard InChI is InChI=1S/C14H19NO4/c1-4-18-14(16)11(2)19-15-13(17-3)10-12-8-6-5-7-9-12/h5-9,11H,4,10H2,1-3H3/b15-13-. The fourth-order valence-electron chi connectivity index (χ4n) is 1.35. The minimum Gasteiger partial charge on any atom is -0.482 e. The van der Waals surface area contributed by atoms with Crippen LogP contribution in [0.2, 0.25) is 0 Å². The minimum absolute atomic E-state index is 0.317. The Morgan fingerprint density at radius 2 is 2.00 bits per heavy atom. The Bertz CT molecular complexity index is 417. The number of nitrogens with zero attached hydrogens (tertiary/aromatic N) is 1. The summed E-state index contributed by atoms with van der Waals surface area (Å²) >= 11 is 0. The summed E-state index contributed by atoms with van der Waals surface area (Å²) in [5.41, 5.74) is 1.05. The van der Waals surface area contributed by atoms with E-state index in [-0.39, 0.29) is 0 Å². The van der Waals surface area contributed by atoms with Gasteiger partial charge in [-0.05, 0) is 19.4 Å². The van der Waals surface area contributed by atoms with Gasteiger partial charge in [-0.3, -0.25) is 0 Å². The average molecular weight is 265 g/mol. The molecule has 0 radical (unpaired) electrons. The predicted molar refractivity (Wildman–Crippen MR) is 71.8 cm³/mol. The van der Waals surface area contributed by atoms with E-state index in [0.717, 1.165) is 5.56 Å². The Balaban J connectivity index is 2.55. The maximum Gasteiger partial charge on any atom is 0.349 e. The summed E-state index contributed by atoms with van der Waals surface area (Å²) in [6.07, 6.45) is -0.242. The largest absolute Gasteiger partial charge is 0.482 e. The molecule has 0 bridgehead atoms. The quantitative estimate of drug-likeness (QED) is 0.342. The fourth-order valence-corrected chi connectivity index (χ4v) is 1.35. The molecule has 0 fully saturated rings. The van der Waals surface area contributed by atoms with Gasteiger partial charge >= 0.3 is 5.97 Å². The average Bonchev–Trinajstić information content (AvgIpc) is 2.44. The maximum absolute atomic E-state index is 11.3. The van der Waals surface area contributed by atoms with E-state index in [1.165, 1.54) is 7.11 Å². The number of hydrogen-bond acceptors (Lipinski definition) is 5. The number of carbonyl (C=O) groups is 1. The van der Waals surface area contributed by atoms with Crippen molar-refractivity contribution in [2.45, 2.75) is 26.4 Å². The summed E-state index contributed by atoms with van der Waals surface area (Å²) in [4.78, 5) is 16.4. The first-order valence-electron chi connectivity index (χ1n) is 6.14. The molecule has 0 aliphatic carbocycles. The van der Waals surface area contributed by atoms with Crippen molar-refractivity contribution < 1.29 is 19.1 Å². The Morgan fingerprint density at radius 1 is 1.32 bits per heavy atom. The number of ether oxygens (including phenoxy) is 2. The summed E-state index contributed by atoms with van der Waals surface area (Å²) in [7, 11) is 1.51. The van der Waals surface area contributed by atoms with Gasteiger partial charge in [0.15, 0.2) is 0 Å². The van der Waals surface area contributed by atoms with Crippen LogP contribution in [0.15, 0.2) is 35.5 Å². The molecule has 1 aromatic carbocycles. The molecule has 1 atom stereocenters. The lowest BCUT2D eigenvalue weighted by Gasteiger charge is -2.10. The maximum atomic E-state index is 11.3. The number of esters is 1. The van der Waals surface area contributed by atoms with Crippen molar-refractivity contribution >= 4 is 11.9 Å². The van der Waals surface area contributed by atoms with Crippen LogP contribution >= 0.6 is 0 Å². The first-order chi connectivity index (χ1) is 9.17. The van der Waals surface area contributed by atoms with Crippen LogP contribution in [0.25, 0.3) is 0 Å². The van der Waals surface area contributed by atoms with E-state index < -0.39 is 12.1 Å². The molecule has 5 heteroatoms. The lowest BCUT2D eigenvalue weighted by molar-refractivity contribution is -0.155. The Morgan fingerprint density at radius 3 is 2.58 bits per heavy atom. The summed E-state index contributed by atoms with van der Waals surface area (Å²) in [5, 5.41) is 3.83. The second-order valence-corrected chi connectivity index (χ2v) is 3.85. The van der Waals surface area contributed by atoms with E-state index >= 15 is 0 Å². The molecule has 0 saturated carbocycles. The van der Waals surface area contributed by atoms with E-state index in [1.807, 2.05) is 30.3 Å². The van der Waals surface area contributed by atoms with Crippen LogP contribution in [0, 0.1) is 0 Å². The molecule has 0 spiro atoms. The summed E-state index contributed by atoms with van der Waals surface area (Å²) in [6.45, 7) is 3.64. The van der Waals surface area contributed by atoms with Gasteiger partial charge in [-0.15, -0.1) is 0 Å². The van der Waals surface area contributed by atoms with E-state index in [1.54, 1.807) is 13.8 Å². The molecule has 5 nitrogen and oxygen atoms in total. The van der Waals surface area contributed by atoms with Crippen LogP contribution in [-0.4, -0.2) is 31.7 Å². The molecule has 0 aromatic heterocycles. The van der Waals surface area contributed by atoms with Crippen LogP contribution in [-0.2, 0) is 25.5 Å². The Hall–Kier alpha value is -2.04. The molecule has 1 rings (SSSR count). The summed E-state index contributed by atoms with van der Waals surface area (Å²) in [5.74, 6) is -0.0382. The van der Waals surface area contributed by atoms with Crippen molar-refractivity contribution in [3.8, 4) is 0 Å². The molecule has 1 unspecified atom stereocenters. The van der Waals surface area contributed by atoms with Crippen molar-refractivity contribution in [3.63, 3.8) is 0 Å². The topological polar surface area (TPSA) is 57.1 Å². The number of benzene rings is 1. The normalized spacial score (nSPS) is 12.7. The second kappa shape index (κ2) is 8.13. The van der Waals surface area contributed by atoms with Crippen LogP contribution in [0.1, 0.15) is 19.4 Å². The Kier molecular flexibility index (Phi) is 6.43. The van der Waals surface area contributed by atoms with Crippen molar-refractivity contribution in [2.75, 3.05) is 13.7 Å². The van der Waals surface area contributed by atoms with Gasteiger partial charge in [0.05, 0.1) is 20.1 Å². The van der Waals surface area contributed by atoms with Gasteiger partial charge in [0.1, 0.15) is 0 Å². The molecule has 19 heavy (non-hydrogen) atoms. The molecule has 1 aromatic rings. The highest BCUT2D eigenvalue weighted by Gasteiger charge is 2.15. The third-order valence-electron chi connectivity index (χ3n) is 2.36. The van der Waals surface area contributed by atoms with E-state index in [0.29, 0.717) is 18.9 Å². The van der Waals surface area contributed by atoms with E-state index in [4.69, 9.17) is 14.3 Å². The first kappa shape index (κ1) is 15.0. The van der Waals surface area contributed by atoms with Gasteiger partial charge in [-0.2, -0.15) is 0 Å². The van der Waals surface area contributed by atoms with Crippen LogP contribution in [0.4, 0.5) is 0 Å². The molecule has 104 valence electrons. The van der Waals surface area contributed by atoms with Crippen molar-refractivity contribution in [2.24, 2.45) is 5.16 Å². The molecule has 0 saturated heterocycles. The third kappa shape index (κ3) is 5.42. The number of rotatable bonds is 6. The molecular formula is C14H19NO4. The van der Waals surface area contributed by atoms with Crippen molar-refractivity contribution in [3.05, 3.63) is 35.9 Å². The van der Waals surface area contributed by atoms with Gasteiger partial charge in [-0.25, -0.2) is 4.79 Å². The highest BCUT2D eigenvalue weighted by molar-refractivity contribution is 5.78. The molecule has 0 aliphatic heterocycles. The SMILES string of the molecule is CCOC(=O)C(C)O/N=C(/Cc1ccccc1)OC. The van der Waals surface area contributed by atoms with Gasteiger partial charge in [0.2, 0.25) is 12.0 Å². The van der Waals surface area contributed by atoms with Gasteiger partial charge in [0, 0.05) is 0 Å².